The van der Waals surface area contributed by atoms with Crippen molar-refractivity contribution in [3.8, 4) is 11.1 Å². The van der Waals surface area contributed by atoms with Gasteiger partial charge < -0.3 is 14.7 Å². The predicted molar refractivity (Wildman–Crippen MR) is 218 cm³/mol. The Hall–Kier alpha value is -4.57. The number of hydrogen-bond donors (Lipinski definition) is 0. The number of benzene rings is 4. The molecule has 1 atom stereocenters. The first kappa shape index (κ1) is 45.8. The summed E-state index contributed by atoms with van der Waals surface area (Å²) >= 11 is 0. The molecule has 1 aliphatic heterocycles. The maximum atomic E-state index is 14.6. The Bertz CT molecular complexity index is 1790. The highest BCUT2D eigenvalue weighted by molar-refractivity contribution is 6.00. The van der Waals surface area contributed by atoms with Crippen LogP contribution in [-0.4, -0.2) is 60.3 Å². The van der Waals surface area contributed by atoms with Gasteiger partial charge in [-0.25, -0.2) is 8.78 Å². The van der Waals surface area contributed by atoms with Crippen molar-refractivity contribution in [2.45, 2.75) is 98.8 Å². The molecule has 1 amide bonds. The number of carbonyl (C=O) groups is 2. The molecule has 4 aromatic carbocycles. The van der Waals surface area contributed by atoms with Gasteiger partial charge in [0.1, 0.15) is 0 Å². The van der Waals surface area contributed by atoms with E-state index < -0.39 is 23.4 Å². The number of rotatable bonds is 15. The van der Waals surface area contributed by atoms with Crippen molar-refractivity contribution in [3.63, 3.8) is 0 Å². The van der Waals surface area contributed by atoms with Gasteiger partial charge in [-0.3, -0.25) is 9.59 Å². The Balaban J connectivity index is 0.00000204. The van der Waals surface area contributed by atoms with Crippen LogP contribution >= 0.6 is 0 Å². The summed E-state index contributed by atoms with van der Waals surface area (Å²) in [5.41, 5.74) is 2.89. The number of halogens is 5. The van der Waals surface area contributed by atoms with Gasteiger partial charge in [-0.1, -0.05) is 94.8 Å². The van der Waals surface area contributed by atoms with Gasteiger partial charge >= 0.3 is 6.18 Å². The smallest absolute Gasteiger partial charge is 0.359 e. The fourth-order valence-corrected chi connectivity index (χ4v) is 6.84. The maximum Gasteiger partial charge on any atom is 0.416 e. The lowest BCUT2D eigenvalue weighted by atomic mass is 10.0. The summed E-state index contributed by atoms with van der Waals surface area (Å²) in [6, 6.07) is 23.4. The Morgan fingerprint density at radius 3 is 2.00 bits per heavy atom. The minimum Gasteiger partial charge on any atom is -0.359 e. The number of carbonyl (C=O) groups excluding carboxylic acids is 2. The number of para-hydroxylation sites is 1. The van der Waals surface area contributed by atoms with E-state index in [-0.39, 0.29) is 36.3 Å². The second-order valence-corrected chi connectivity index (χ2v) is 13.6. The van der Waals surface area contributed by atoms with Crippen LogP contribution in [0, 0.1) is 11.6 Å². The minimum absolute atomic E-state index is 0.0373. The van der Waals surface area contributed by atoms with Gasteiger partial charge in [0, 0.05) is 30.4 Å². The average molecular weight is 780 g/mol. The summed E-state index contributed by atoms with van der Waals surface area (Å²) in [7, 11) is 0. The number of piperidine rings is 1. The van der Waals surface area contributed by atoms with E-state index >= 15 is 0 Å². The molecule has 1 heterocycles. The molecule has 5 rings (SSSR count). The largest absolute Gasteiger partial charge is 0.416 e. The van der Waals surface area contributed by atoms with Gasteiger partial charge in [-0.2, -0.15) is 13.2 Å². The fraction of sp³-hybridized carbons (Fsp3) is 0.435. The first-order valence-electron chi connectivity index (χ1n) is 20.0. The second-order valence-electron chi connectivity index (χ2n) is 13.6. The van der Waals surface area contributed by atoms with Gasteiger partial charge in [0.25, 0.3) is 0 Å². The number of alkyl halides is 3. The highest BCUT2D eigenvalue weighted by Gasteiger charge is 2.30. The van der Waals surface area contributed by atoms with Gasteiger partial charge in [-0.05, 0) is 118 Å². The molecule has 56 heavy (non-hydrogen) atoms. The fourth-order valence-electron chi connectivity index (χ4n) is 6.84. The van der Waals surface area contributed by atoms with Crippen molar-refractivity contribution < 1.29 is 31.5 Å². The number of anilines is 1. The summed E-state index contributed by atoms with van der Waals surface area (Å²) in [4.78, 5) is 33.2. The van der Waals surface area contributed by atoms with E-state index in [4.69, 9.17) is 0 Å². The molecule has 0 aromatic heterocycles. The van der Waals surface area contributed by atoms with E-state index in [1.165, 1.54) is 31.5 Å². The molecule has 4 aromatic rings. The molecule has 1 aliphatic rings. The van der Waals surface area contributed by atoms with Crippen molar-refractivity contribution in [2.24, 2.45) is 0 Å². The van der Waals surface area contributed by atoms with Crippen LogP contribution in [0.1, 0.15) is 101 Å². The van der Waals surface area contributed by atoms with Crippen molar-refractivity contribution >= 4 is 17.4 Å². The number of likely N-dealkylation sites (tertiary alicyclic amines) is 1. The molecule has 0 N–H and O–H groups in total. The summed E-state index contributed by atoms with van der Waals surface area (Å²) in [6.07, 6.45) is 0.556. The van der Waals surface area contributed by atoms with E-state index in [1.54, 1.807) is 18.2 Å². The third-order valence-corrected chi connectivity index (χ3v) is 9.87. The monoisotopic (exact) mass is 779 g/mol. The van der Waals surface area contributed by atoms with E-state index in [9.17, 15) is 31.5 Å². The quantitative estimate of drug-likeness (QED) is 0.0890. The van der Waals surface area contributed by atoms with Crippen LogP contribution in [-0.2, 0) is 23.9 Å². The van der Waals surface area contributed by atoms with Gasteiger partial charge in [0.15, 0.2) is 17.4 Å². The van der Waals surface area contributed by atoms with E-state index in [0.717, 1.165) is 68.2 Å². The SMILES string of the molecule is CC.CC.CC(=O)c1ccccc1N(CC(=O)N(CCCN1CCCCC1)Cc1ccc(-c2ccc(C(F)(F)F)cc2)cc1)C(C)CCc1cccc(F)c1F. The standard InChI is InChI=1S/C42H46F5N3O2.2C2H6/c1-30(14-17-35-10-8-12-38(43)41(35)44)50(39-13-5-4-11-37(39)31(2)51)29-40(52)49(27-9-26-48-24-6-3-7-25-48)28-32-15-18-33(19-16-32)34-20-22-36(23-21-34)42(45,46)47;2*1-2/h4-5,8,10-13,15-16,18-23,30H,3,6-7,9,14,17,24-29H2,1-2H3;2*1-2H3. The molecule has 10 heteroatoms. The van der Waals surface area contributed by atoms with Crippen LogP contribution < -0.4 is 4.90 Å². The molecule has 0 radical (unpaired) electrons. The predicted octanol–water partition coefficient (Wildman–Crippen LogP) is 11.6. The van der Waals surface area contributed by atoms with Crippen LogP contribution in [0.15, 0.2) is 91.0 Å². The first-order chi connectivity index (χ1) is 26.9. The lowest BCUT2D eigenvalue weighted by Crippen LogP contribution is -2.45. The van der Waals surface area contributed by atoms with E-state index in [1.807, 2.05) is 80.8 Å². The molecule has 1 fully saturated rings. The number of amides is 1. The Morgan fingerprint density at radius 1 is 0.786 bits per heavy atom. The van der Waals surface area contributed by atoms with Crippen LogP contribution in [0.3, 0.4) is 0 Å². The molecular formula is C46H58F5N3O2. The highest BCUT2D eigenvalue weighted by atomic mass is 19.4. The van der Waals surface area contributed by atoms with E-state index in [2.05, 4.69) is 4.90 Å². The second kappa shape index (κ2) is 22.9. The molecule has 304 valence electrons. The lowest BCUT2D eigenvalue weighted by molar-refractivity contribution is -0.137. The summed E-state index contributed by atoms with van der Waals surface area (Å²) < 4.78 is 67.8. The molecule has 1 unspecified atom stereocenters. The van der Waals surface area contributed by atoms with Crippen molar-refractivity contribution in [1.29, 1.82) is 0 Å². The number of nitrogens with zero attached hydrogens (tertiary/aromatic N) is 3. The molecule has 0 bridgehead atoms. The normalized spacial score (nSPS) is 13.4. The van der Waals surface area contributed by atoms with E-state index in [0.29, 0.717) is 36.3 Å². The van der Waals surface area contributed by atoms with Crippen molar-refractivity contribution in [3.05, 3.63) is 125 Å². The lowest BCUT2D eigenvalue weighted by Gasteiger charge is -2.35. The average Bonchev–Trinajstić information content (AvgIpc) is 3.21. The Morgan fingerprint density at radius 2 is 1.39 bits per heavy atom. The topological polar surface area (TPSA) is 43.9 Å². The van der Waals surface area contributed by atoms with Crippen molar-refractivity contribution in [2.75, 3.05) is 37.6 Å². The van der Waals surface area contributed by atoms with Gasteiger partial charge in [-0.15, -0.1) is 0 Å². The third-order valence-electron chi connectivity index (χ3n) is 9.87. The number of Topliss-reactive ketones (excluding diaryl/α,β-unsaturated/α-hetero) is 1. The molecule has 5 nitrogen and oxygen atoms in total. The zero-order valence-corrected chi connectivity index (χ0v) is 33.8. The van der Waals surface area contributed by atoms with Gasteiger partial charge in [0.05, 0.1) is 12.1 Å². The molecular weight excluding hydrogens is 722 g/mol. The zero-order valence-electron chi connectivity index (χ0n) is 33.8. The van der Waals surface area contributed by atoms with Crippen LogP contribution in [0.25, 0.3) is 11.1 Å². The maximum absolute atomic E-state index is 14.6. The third kappa shape index (κ3) is 13.3. The Labute approximate surface area is 330 Å². The zero-order chi connectivity index (χ0) is 41.3. The molecule has 0 spiro atoms. The number of aryl methyl sites for hydroxylation is 1. The highest BCUT2D eigenvalue weighted by Crippen LogP contribution is 2.31. The number of ketones is 1. The Kier molecular flexibility index (Phi) is 18.7. The molecule has 0 saturated carbocycles. The van der Waals surface area contributed by atoms with Crippen molar-refractivity contribution in [1.82, 2.24) is 9.80 Å². The molecule has 1 saturated heterocycles. The summed E-state index contributed by atoms with van der Waals surface area (Å²) in [5.74, 6) is -2.09. The van der Waals surface area contributed by atoms with Crippen LogP contribution in [0.5, 0.6) is 0 Å². The van der Waals surface area contributed by atoms with Crippen LogP contribution in [0.4, 0.5) is 27.6 Å². The summed E-state index contributed by atoms with van der Waals surface area (Å²) in [5, 5.41) is 0. The van der Waals surface area contributed by atoms with Crippen LogP contribution in [0.2, 0.25) is 0 Å². The molecule has 0 aliphatic carbocycles. The van der Waals surface area contributed by atoms with Gasteiger partial charge in [0.2, 0.25) is 5.91 Å². The first-order valence-corrected chi connectivity index (χ1v) is 20.0. The summed E-state index contributed by atoms with van der Waals surface area (Å²) in [6.45, 7) is 15.1. The number of hydrogen-bond acceptors (Lipinski definition) is 4. The minimum atomic E-state index is -4.41.